The fraction of sp³-hybridized carbons (Fsp3) is 0. The molecule has 0 atom stereocenters. The average molecular weight is 351 g/mol. The number of benzene rings is 2. The Hall–Kier alpha value is -2.41. The van der Waals surface area contributed by atoms with Crippen molar-refractivity contribution in [3.8, 4) is 34.3 Å². The monoisotopic (exact) mass is 350 g/mol. The van der Waals surface area contributed by atoms with E-state index in [-0.39, 0.29) is 28.8 Å². The minimum atomic E-state index is -0.431. The van der Waals surface area contributed by atoms with E-state index < -0.39 is 5.82 Å². The highest BCUT2D eigenvalue weighted by Crippen LogP contribution is 2.36. The molecule has 21 heavy (non-hydrogen) atoms. The Kier molecular flexibility index (Phi) is 3.34. The molecule has 0 unspecified atom stereocenters. The van der Waals surface area contributed by atoms with Crippen molar-refractivity contribution >= 4 is 15.9 Å². The van der Waals surface area contributed by atoms with Crippen LogP contribution < -0.4 is 0 Å². The van der Waals surface area contributed by atoms with Gasteiger partial charge in [-0.25, -0.2) is 4.39 Å². The van der Waals surface area contributed by atoms with Gasteiger partial charge in [-0.1, -0.05) is 27.2 Å². The first kappa shape index (κ1) is 13.6. The number of hydrogen-bond donors (Lipinski definition) is 2. The molecule has 0 saturated carbocycles. The Balaban J connectivity index is 2.08. The van der Waals surface area contributed by atoms with Crippen LogP contribution in [0.5, 0.6) is 11.5 Å². The van der Waals surface area contributed by atoms with Crippen LogP contribution in [0.3, 0.4) is 0 Å². The molecule has 7 heteroatoms. The maximum Gasteiger partial charge on any atom is 0.262 e. The molecule has 0 fully saturated rings. The van der Waals surface area contributed by atoms with Crippen molar-refractivity contribution in [3.05, 3.63) is 46.7 Å². The third-order valence-electron chi connectivity index (χ3n) is 2.84. The van der Waals surface area contributed by atoms with E-state index >= 15 is 0 Å². The van der Waals surface area contributed by atoms with Crippen molar-refractivity contribution in [1.29, 1.82) is 0 Å². The second-order valence-electron chi connectivity index (χ2n) is 4.22. The molecule has 0 saturated heterocycles. The quantitative estimate of drug-likeness (QED) is 0.688. The first-order valence-corrected chi connectivity index (χ1v) is 6.66. The van der Waals surface area contributed by atoms with E-state index in [1.165, 1.54) is 36.4 Å². The molecule has 2 aromatic carbocycles. The lowest BCUT2D eigenvalue weighted by atomic mass is 10.2. The summed E-state index contributed by atoms with van der Waals surface area (Å²) >= 11 is 3.28. The molecule has 1 heterocycles. The largest absolute Gasteiger partial charge is 0.504 e. The minimum Gasteiger partial charge on any atom is -0.504 e. The van der Waals surface area contributed by atoms with Crippen LogP contribution in [-0.2, 0) is 0 Å². The zero-order valence-electron chi connectivity index (χ0n) is 10.4. The van der Waals surface area contributed by atoms with Gasteiger partial charge in [0.1, 0.15) is 5.82 Å². The van der Waals surface area contributed by atoms with Crippen LogP contribution >= 0.6 is 15.9 Å². The standard InChI is InChI=1S/C14H8BrFN2O3/c15-10-5-4-7(16)6-9(10)13-17-14(21-18-13)8-2-1-3-11(19)12(8)20/h1-6,19-20H. The van der Waals surface area contributed by atoms with Gasteiger partial charge < -0.3 is 14.7 Å². The topological polar surface area (TPSA) is 79.4 Å². The molecule has 5 nitrogen and oxygen atoms in total. The van der Waals surface area contributed by atoms with E-state index in [4.69, 9.17) is 4.52 Å². The van der Waals surface area contributed by atoms with Crippen LogP contribution in [0.25, 0.3) is 22.8 Å². The van der Waals surface area contributed by atoms with Gasteiger partial charge in [0.2, 0.25) is 5.82 Å². The molecule has 0 spiro atoms. The van der Waals surface area contributed by atoms with E-state index in [2.05, 4.69) is 26.1 Å². The summed E-state index contributed by atoms with van der Waals surface area (Å²) in [6, 6.07) is 8.49. The first-order valence-electron chi connectivity index (χ1n) is 5.86. The Morgan fingerprint density at radius 1 is 1.10 bits per heavy atom. The van der Waals surface area contributed by atoms with Crippen molar-refractivity contribution in [2.24, 2.45) is 0 Å². The number of rotatable bonds is 2. The molecule has 0 bridgehead atoms. The van der Waals surface area contributed by atoms with E-state index in [1.807, 2.05) is 0 Å². The van der Waals surface area contributed by atoms with E-state index in [0.717, 1.165) is 0 Å². The minimum absolute atomic E-state index is 0.0227. The van der Waals surface area contributed by atoms with Crippen molar-refractivity contribution in [1.82, 2.24) is 10.1 Å². The van der Waals surface area contributed by atoms with Crippen molar-refractivity contribution in [2.75, 3.05) is 0 Å². The van der Waals surface area contributed by atoms with Crippen molar-refractivity contribution < 1.29 is 19.1 Å². The molecule has 0 amide bonds. The summed E-state index contributed by atoms with van der Waals surface area (Å²) in [5, 5.41) is 23.0. The lowest BCUT2D eigenvalue weighted by Crippen LogP contribution is -1.85. The van der Waals surface area contributed by atoms with Gasteiger partial charge in [-0.3, -0.25) is 0 Å². The Labute approximate surface area is 126 Å². The number of aromatic nitrogens is 2. The molecule has 0 aliphatic heterocycles. The van der Waals surface area contributed by atoms with Gasteiger partial charge in [0, 0.05) is 10.0 Å². The number of hydrogen-bond acceptors (Lipinski definition) is 5. The van der Waals surface area contributed by atoms with Gasteiger partial charge in [-0.15, -0.1) is 0 Å². The predicted octanol–water partition coefficient (Wildman–Crippen LogP) is 3.72. The number of phenolic OH excluding ortho intramolecular Hbond substituents is 2. The lowest BCUT2D eigenvalue weighted by Gasteiger charge is -2.00. The third kappa shape index (κ3) is 2.47. The zero-order valence-corrected chi connectivity index (χ0v) is 12.0. The number of halogens is 2. The smallest absolute Gasteiger partial charge is 0.262 e. The summed E-state index contributed by atoms with van der Waals surface area (Å²) in [5.74, 6) is -0.890. The molecule has 106 valence electrons. The third-order valence-corrected chi connectivity index (χ3v) is 3.53. The Morgan fingerprint density at radius 2 is 1.90 bits per heavy atom. The van der Waals surface area contributed by atoms with Gasteiger partial charge in [0.05, 0.1) is 5.56 Å². The summed E-state index contributed by atoms with van der Waals surface area (Å²) in [7, 11) is 0. The SMILES string of the molecule is Oc1cccc(-c2nc(-c3cc(F)ccc3Br)no2)c1O. The van der Waals surface area contributed by atoms with Gasteiger partial charge >= 0.3 is 0 Å². The number of nitrogens with zero attached hydrogens (tertiary/aromatic N) is 2. The van der Waals surface area contributed by atoms with E-state index in [9.17, 15) is 14.6 Å². The summed E-state index contributed by atoms with van der Waals surface area (Å²) in [5.41, 5.74) is 0.617. The van der Waals surface area contributed by atoms with Gasteiger partial charge in [0.15, 0.2) is 11.5 Å². The fourth-order valence-corrected chi connectivity index (χ4v) is 2.24. The Morgan fingerprint density at radius 3 is 2.71 bits per heavy atom. The molecule has 3 aromatic rings. The molecular weight excluding hydrogens is 343 g/mol. The maximum atomic E-state index is 13.3. The highest BCUT2D eigenvalue weighted by molar-refractivity contribution is 9.10. The van der Waals surface area contributed by atoms with Crippen LogP contribution in [0.15, 0.2) is 45.4 Å². The van der Waals surface area contributed by atoms with Crippen molar-refractivity contribution in [2.45, 2.75) is 0 Å². The second kappa shape index (κ2) is 5.17. The van der Waals surface area contributed by atoms with E-state index in [0.29, 0.717) is 10.0 Å². The lowest BCUT2D eigenvalue weighted by molar-refractivity contribution is 0.397. The zero-order chi connectivity index (χ0) is 15.0. The number of phenols is 2. The van der Waals surface area contributed by atoms with Crippen LogP contribution in [0.1, 0.15) is 0 Å². The molecule has 1 aromatic heterocycles. The van der Waals surface area contributed by atoms with Gasteiger partial charge in [-0.05, 0) is 30.3 Å². The summed E-state index contributed by atoms with van der Waals surface area (Å²) in [6.45, 7) is 0. The summed E-state index contributed by atoms with van der Waals surface area (Å²) in [4.78, 5) is 4.11. The number of para-hydroxylation sites is 1. The first-order chi connectivity index (χ1) is 10.1. The fourth-order valence-electron chi connectivity index (χ4n) is 1.82. The molecule has 0 aliphatic carbocycles. The average Bonchev–Trinajstić information content (AvgIpc) is 2.94. The summed E-state index contributed by atoms with van der Waals surface area (Å²) in [6.07, 6.45) is 0. The molecule has 0 radical (unpaired) electrons. The number of aromatic hydroxyl groups is 2. The van der Waals surface area contributed by atoms with E-state index in [1.54, 1.807) is 0 Å². The summed E-state index contributed by atoms with van der Waals surface area (Å²) < 4.78 is 19.0. The van der Waals surface area contributed by atoms with Gasteiger partial charge in [-0.2, -0.15) is 4.98 Å². The second-order valence-corrected chi connectivity index (χ2v) is 5.07. The van der Waals surface area contributed by atoms with Gasteiger partial charge in [0.25, 0.3) is 5.89 Å². The van der Waals surface area contributed by atoms with Crippen LogP contribution in [0, 0.1) is 5.82 Å². The van der Waals surface area contributed by atoms with Crippen LogP contribution in [0.2, 0.25) is 0 Å². The van der Waals surface area contributed by atoms with Crippen LogP contribution in [0.4, 0.5) is 4.39 Å². The highest BCUT2D eigenvalue weighted by atomic mass is 79.9. The molecule has 0 aliphatic rings. The predicted molar refractivity (Wildman–Crippen MR) is 76.2 cm³/mol. The molecule has 3 rings (SSSR count). The normalized spacial score (nSPS) is 10.8. The Bertz CT molecular complexity index is 803. The maximum absolute atomic E-state index is 13.3. The molecule has 2 N–H and O–H groups in total. The van der Waals surface area contributed by atoms with Crippen molar-refractivity contribution in [3.63, 3.8) is 0 Å². The highest BCUT2D eigenvalue weighted by Gasteiger charge is 2.17. The molecular formula is C14H8BrFN2O3. The van der Waals surface area contributed by atoms with Crippen LogP contribution in [-0.4, -0.2) is 20.4 Å².